The van der Waals surface area contributed by atoms with E-state index in [0.717, 1.165) is 45.9 Å². The molecule has 32 heavy (non-hydrogen) atoms. The van der Waals surface area contributed by atoms with E-state index in [-0.39, 0.29) is 6.79 Å². The normalized spacial score (nSPS) is 13.1. The van der Waals surface area contributed by atoms with Crippen molar-refractivity contribution < 1.29 is 9.47 Å². The van der Waals surface area contributed by atoms with Crippen LogP contribution in [0.1, 0.15) is 18.2 Å². The van der Waals surface area contributed by atoms with Crippen LogP contribution >= 0.6 is 0 Å². The van der Waals surface area contributed by atoms with E-state index in [4.69, 9.17) is 9.47 Å². The number of benzene rings is 3. The summed E-state index contributed by atoms with van der Waals surface area (Å²) in [7, 11) is 0. The number of nitrogens with zero attached hydrogens (tertiary/aromatic N) is 3. The van der Waals surface area contributed by atoms with Gasteiger partial charge >= 0.3 is 0 Å². The Morgan fingerprint density at radius 2 is 1.78 bits per heavy atom. The minimum Gasteiger partial charge on any atom is -0.454 e. The van der Waals surface area contributed by atoms with Gasteiger partial charge < -0.3 is 14.0 Å². The van der Waals surface area contributed by atoms with Gasteiger partial charge in [-0.05, 0) is 49.7 Å². The highest BCUT2D eigenvalue weighted by Crippen LogP contribution is 2.38. The molecular formula is C26H22N4O2. The minimum absolute atomic E-state index is 0.239. The van der Waals surface area contributed by atoms with Gasteiger partial charge in [0.2, 0.25) is 6.79 Å². The topological polar surface area (TPSA) is 60.7 Å². The van der Waals surface area contributed by atoms with Crippen molar-refractivity contribution in [2.75, 3.05) is 12.2 Å². The third-order valence-electron chi connectivity index (χ3n) is 5.94. The van der Waals surface area contributed by atoms with E-state index in [0.29, 0.717) is 0 Å². The minimum atomic E-state index is 0.239. The van der Waals surface area contributed by atoms with Gasteiger partial charge in [-0.2, -0.15) is 5.10 Å². The van der Waals surface area contributed by atoms with Crippen LogP contribution in [0.3, 0.4) is 0 Å². The van der Waals surface area contributed by atoms with Crippen LogP contribution < -0.4 is 14.9 Å². The summed E-state index contributed by atoms with van der Waals surface area (Å²) in [6.07, 6.45) is 1.85. The quantitative estimate of drug-likeness (QED) is 0.292. The van der Waals surface area contributed by atoms with E-state index in [1.54, 1.807) is 0 Å². The molecule has 1 N–H and O–H groups in total. The Morgan fingerprint density at radius 3 is 2.66 bits per heavy atom. The van der Waals surface area contributed by atoms with Crippen LogP contribution in [-0.2, 0) is 6.54 Å². The van der Waals surface area contributed by atoms with Crippen LogP contribution in [0.25, 0.3) is 32.7 Å². The average Bonchev–Trinajstić information content (AvgIpc) is 3.39. The molecule has 0 amide bonds. The van der Waals surface area contributed by atoms with E-state index in [1.165, 1.54) is 21.8 Å². The van der Waals surface area contributed by atoms with Crippen molar-refractivity contribution in [2.45, 2.75) is 20.4 Å². The number of rotatable bonds is 4. The Morgan fingerprint density at radius 1 is 0.969 bits per heavy atom. The summed E-state index contributed by atoms with van der Waals surface area (Å²) < 4.78 is 13.4. The molecule has 2 aromatic heterocycles. The maximum Gasteiger partial charge on any atom is 0.231 e. The smallest absolute Gasteiger partial charge is 0.231 e. The Labute approximate surface area is 185 Å². The van der Waals surface area contributed by atoms with E-state index in [2.05, 4.69) is 69.5 Å². The van der Waals surface area contributed by atoms with Crippen LogP contribution in [0.2, 0.25) is 0 Å². The molecule has 0 atom stereocenters. The van der Waals surface area contributed by atoms with Crippen LogP contribution in [0, 0.1) is 6.92 Å². The zero-order valence-corrected chi connectivity index (χ0v) is 17.9. The highest BCUT2D eigenvalue weighted by molar-refractivity contribution is 6.09. The third-order valence-corrected chi connectivity index (χ3v) is 5.94. The molecule has 0 aliphatic carbocycles. The van der Waals surface area contributed by atoms with Crippen LogP contribution in [0.5, 0.6) is 11.5 Å². The van der Waals surface area contributed by atoms with E-state index in [9.17, 15) is 0 Å². The predicted molar refractivity (Wildman–Crippen MR) is 129 cm³/mol. The van der Waals surface area contributed by atoms with Crippen LogP contribution in [-0.4, -0.2) is 22.6 Å². The number of ether oxygens (including phenoxy) is 2. The molecule has 6 nitrogen and oxygen atoms in total. The number of hydrogen-bond acceptors (Lipinski definition) is 5. The van der Waals surface area contributed by atoms with Gasteiger partial charge in [-0.25, -0.2) is 0 Å². The molecule has 6 heteroatoms. The zero-order valence-electron chi connectivity index (χ0n) is 17.9. The summed E-state index contributed by atoms with van der Waals surface area (Å²) >= 11 is 0. The Kier molecular flexibility index (Phi) is 4.24. The zero-order chi connectivity index (χ0) is 21.7. The molecule has 1 aliphatic heterocycles. The highest BCUT2D eigenvalue weighted by Gasteiger charge is 2.16. The lowest BCUT2D eigenvalue weighted by Gasteiger charge is -2.08. The Hall–Kier alpha value is -4.06. The molecule has 0 saturated carbocycles. The van der Waals surface area contributed by atoms with Crippen molar-refractivity contribution in [3.63, 3.8) is 0 Å². The maximum absolute atomic E-state index is 5.53. The van der Waals surface area contributed by atoms with E-state index >= 15 is 0 Å². The lowest BCUT2D eigenvalue weighted by Crippen LogP contribution is -1.95. The van der Waals surface area contributed by atoms with Gasteiger partial charge in [0.15, 0.2) is 11.5 Å². The molecule has 0 saturated heterocycles. The number of aryl methyl sites for hydroxylation is 2. The fraction of sp³-hybridized carbons (Fsp3) is 0.154. The summed E-state index contributed by atoms with van der Waals surface area (Å²) in [4.78, 5) is 4.62. The molecular weight excluding hydrogens is 400 g/mol. The first-order chi connectivity index (χ1) is 15.7. The Balaban J connectivity index is 1.36. The average molecular weight is 422 g/mol. The largest absolute Gasteiger partial charge is 0.454 e. The molecule has 6 rings (SSSR count). The second-order valence-electron chi connectivity index (χ2n) is 7.94. The first kappa shape index (κ1) is 18.7. The first-order valence-electron chi connectivity index (χ1n) is 10.7. The summed E-state index contributed by atoms with van der Waals surface area (Å²) in [5.74, 6) is 1.46. The van der Waals surface area contributed by atoms with Crippen molar-refractivity contribution in [2.24, 2.45) is 5.10 Å². The first-order valence-corrected chi connectivity index (χ1v) is 10.7. The number of anilines is 1. The van der Waals surface area contributed by atoms with E-state index in [1.807, 2.05) is 31.3 Å². The number of para-hydroxylation sites is 1. The van der Waals surface area contributed by atoms with Gasteiger partial charge in [0.1, 0.15) is 0 Å². The number of aromatic nitrogens is 2. The second-order valence-corrected chi connectivity index (χ2v) is 7.94. The number of hydrogen-bond donors (Lipinski definition) is 1. The molecule has 0 radical (unpaired) electrons. The van der Waals surface area contributed by atoms with Crippen molar-refractivity contribution >= 4 is 44.6 Å². The molecule has 3 aromatic carbocycles. The van der Waals surface area contributed by atoms with E-state index < -0.39 is 0 Å². The van der Waals surface area contributed by atoms with Gasteiger partial charge in [-0.15, -0.1) is 0 Å². The standard InChI is InChI=1S/C26H22N4O2/c1-3-30-23-7-5-4-6-18(23)19-11-17(8-9-24(19)30)14-27-29-22-10-16(2)28-21-13-26-25(12-20(21)22)31-15-32-26/h4-14H,3,15H2,1-2H3,(H,28,29)/b27-14-. The number of fused-ring (bicyclic) bond motifs is 5. The van der Waals surface area contributed by atoms with Gasteiger partial charge in [0.05, 0.1) is 17.4 Å². The fourth-order valence-electron chi connectivity index (χ4n) is 4.51. The molecule has 0 unspecified atom stereocenters. The third kappa shape index (κ3) is 2.95. The van der Waals surface area contributed by atoms with Crippen LogP contribution in [0.15, 0.2) is 65.8 Å². The maximum atomic E-state index is 5.53. The van der Waals surface area contributed by atoms with Crippen molar-refractivity contribution in [1.82, 2.24) is 9.55 Å². The monoisotopic (exact) mass is 422 g/mol. The van der Waals surface area contributed by atoms with Gasteiger partial charge in [-0.1, -0.05) is 24.3 Å². The van der Waals surface area contributed by atoms with Crippen molar-refractivity contribution in [3.8, 4) is 11.5 Å². The molecule has 5 aromatic rings. The molecule has 0 spiro atoms. The number of hydrazone groups is 1. The molecule has 3 heterocycles. The lowest BCUT2D eigenvalue weighted by atomic mass is 10.1. The SMILES string of the molecule is CCn1c2ccccc2c2cc(/C=N\Nc3cc(C)nc4cc5c(cc34)OCO5)ccc21. The summed E-state index contributed by atoms with van der Waals surface area (Å²) in [5.41, 5.74) is 9.37. The van der Waals surface area contributed by atoms with Crippen LogP contribution in [0.4, 0.5) is 5.69 Å². The lowest BCUT2D eigenvalue weighted by molar-refractivity contribution is 0.174. The molecule has 0 bridgehead atoms. The molecule has 0 fully saturated rings. The Bertz CT molecular complexity index is 1530. The molecule has 158 valence electrons. The summed E-state index contributed by atoms with van der Waals surface area (Å²) in [5, 5.41) is 7.98. The van der Waals surface area contributed by atoms with Gasteiger partial charge in [-0.3, -0.25) is 10.4 Å². The highest BCUT2D eigenvalue weighted by atomic mass is 16.7. The van der Waals surface area contributed by atoms with Gasteiger partial charge in [0, 0.05) is 45.5 Å². The molecule has 1 aliphatic rings. The fourth-order valence-corrected chi connectivity index (χ4v) is 4.51. The predicted octanol–water partition coefficient (Wildman–Crippen LogP) is 5.85. The van der Waals surface area contributed by atoms with Crippen molar-refractivity contribution in [1.29, 1.82) is 0 Å². The summed E-state index contributed by atoms with van der Waals surface area (Å²) in [6.45, 7) is 5.32. The second kappa shape index (κ2) is 7.27. The van der Waals surface area contributed by atoms with Gasteiger partial charge in [0.25, 0.3) is 0 Å². The number of nitrogens with one attached hydrogen (secondary N) is 1. The number of pyridine rings is 1. The van der Waals surface area contributed by atoms with Crippen molar-refractivity contribution in [3.05, 3.63) is 71.9 Å². The summed E-state index contributed by atoms with van der Waals surface area (Å²) in [6, 6.07) is 20.9.